The Hall–Kier alpha value is -8.61. The van der Waals surface area contributed by atoms with E-state index in [-0.39, 0.29) is 0 Å². The van der Waals surface area contributed by atoms with Crippen LogP contribution >= 0.6 is 0 Å². The van der Waals surface area contributed by atoms with E-state index < -0.39 is 0 Å². The lowest BCUT2D eigenvalue weighted by Crippen LogP contribution is -2.09. The van der Waals surface area contributed by atoms with Gasteiger partial charge in [-0.25, -0.2) is 4.98 Å². The molecule has 6 heteroatoms. The van der Waals surface area contributed by atoms with Gasteiger partial charge in [-0.3, -0.25) is 4.57 Å². The van der Waals surface area contributed by atoms with E-state index in [1.165, 1.54) is 11.1 Å². The van der Waals surface area contributed by atoms with Crippen LogP contribution in [0.15, 0.2) is 229 Å². The zero-order valence-corrected chi connectivity index (χ0v) is 34.0. The van der Waals surface area contributed by atoms with Crippen LogP contribution in [0.4, 0.5) is 17.1 Å². The number of fused-ring (bicyclic) bond motifs is 6. The Kier molecular flexibility index (Phi) is 8.71. The molecule has 0 saturated heterocycles. The van der Waals surface area contributed by atoms with Crippen molar-refractivity contribution in [3.8, 4) is 51.0 Å². The summed E-state index contributed by atoms with van der Waals surface area (Å²) in [4.78, 5) is 17.5. The van der Waals surface area contributed by atoms with Crippen LogP contribution in [0.1, 0.15) is 0 Å². The van der Waals surface area contributed by atoms with E-state index in [4.69, 9.17) is 19.4 Å². The van der Waals surface area contributed by atoms with Gasteiger partial charge in [0.1, 0.15) is 11.2 Å². The van der Waals surface area contributed by atoms with Gasteiger partial charge in [0.25, 0.3) is 0 Å². The van der Waals surface area contributed by atoms with Gasteiger partial charge in [0.05, 0.1) is 11.0 Å². The van der Waals surface area contributed by atoms with E-state index in [0.29, 0.717) is 17.6 Å². The second-order valence-corrected chi connectivity index (χ2v) is 15.7. The van der Waals surface area contributed by atoms with Gasteiger partial charge in [-0.2, -0.15) is 9.97 Å². The fraction of sp³-hybridized carbons (Fsp3) is 0. The van der Waals surface area contributed by atoms with Gasteiger partial charge >= 0.3 is 0 Å². The summed E-state index contributed by atoms with van der Waals surface area (Å²) in [7, 11) is 0. The highest BCUT2D eigenvalue weighted by Gasteiger charge is 2.20. The van der Waals surface area contributed by atoms with Gasteiger partial charge in [0, 0.05) is 55.8 Å². The van der Waals surface area contributed by atoms with E-state index in [2.05, 4.69) is 155 Å². The summed E-state index contributed by atoms with van der Waals surface area (Å²) < 4.78 is 8.54. The van der Waals surface area contributed by atoms with Crippen molar-refractivity contribution in [3.05, 3.63) is 224 Å². The summed E-state index contributed by atoms with van der Waals surface area (Å²) in [5.41, 5.74) is 13.3. The molecular formula is C57H37N5O. The fourth-order valence-electron chi connectivity index (χ4n) is 8.80. The number of nitrogens with zero attached hydrogens (tertiary/aromatic N) is 5. The maximum absolute atomic E-state index is 6.38. The third kappa shape index (κ3) is 6.49. The molecule has 0 radical (unpaired) electrons. The molecule has 12 rings (SSSR count). The second-order valence-electron chi connectivity index (χ2n) is 15.7. The average molecular weight is 808 g/mol. The Balaban J connectivity index is 0.954. The highest BCUT2D eigenvalue weighted by molar-refractivity contribution is 6.10. The monoisotopic (exact) mass is 807 g/mol. The van der Waals surface area contributed by atoms with Gasteiger partial charge in [0.2, 0.25) is 5.95 Å². The Morgan fingerprint density at radius 3 is 1.44 bits per heavy atom. The topological polar surface area (TPSA) is 60.0 Å². The van der Waals surface area contributed by atoms with Crippen molar-refractivity contribution in [3.63, 3.8) is 0 Å². The van der Waals surface area contributed by atoms with Crippen molar-refractivity contribution >= 4 is 60.8 Å². The number of furan rings is 1. The Morgan fingerprint density at radius 2 is 0.794 bits per heavy atom. The molecule has 0 spiro atoms. The molecule has 0 atom stereocenters. The maximum atomic E-state index is 6.38. The lowest BCUT2D eigenvalue weighted by Gasteiger charge is -2.26. The minimum atomic E-state index is 0.573. The summed E-state index contributed by atoms with van der Waals surface area (Å²) in [6.45, 7) is 0. The third-order valence-electron chi connectivity index (χ3n) is 11.9. The van der Waals surface area contributed by atoms with Gasteiger partial charge in [-0.15, -0.1) is 0 Å². The predicted octanol–water partition coefficient (Wildman–Crippen LogP) is 15.0. The minimum Gasteiger partial charge on any atom is -0.456 e. The second kappa shape index (κ2) is 15.1. The Morgan fingerprint density at radius 1 is 0.317 bits per heavy atom. The first-order valence-corrected chi connectivity index (χ1v) is 21.1. The number of benzene rings is 9. The summed E-state index contributed by atoms with van der Waals surface area (Å²) in [6, 6.07) is 78.2. The van der Waals surface area contributed by atoms with Crippen molar-refractivity contribution in [2.24, 2.45) is 0 Å². The number of para-hydroxylation sites is 2. The van der Waals surface area contributed by atoms with Crippen LogP contribution in [0.25, 0.3) is 94.7 Å². The van der Waals surface area contributed by atoms with Gasteiger partial charge in [-0.05, 0) is 82.9 Å². The SMILES string of the molecule is c1ccc(-c2ccc(N(c3ccc(-c4ccc5c(c4)c4ccccc4n5-c4nc(-c5ccccc5)nc(-c5ccccc5)n4)cc3)c3ccc4c(c3)oc3ccccc34)cc2)cc1. The molecule has 0 amide bonds. The standard InChI is InChI=1S/C57H37N5O/c1-4-14-38(15-5-1)39-24-29-44(30-25-39)61(46-33-34-49-48-21-11-13-23-53(48)63-54(49)37-46)45-31-26-40(27-32-45)43-28-35-52-50(36-43)47-20-10-12-22-51(47)62(52)57-59-55(41-16-6-2-7-17-41)58-56(60-57)42-18-8-3-9-19-42/h1-37H. The molecule has 0 aliphatic heterocycles. The predicted molar refractivity (Wildman–Crippen MR) is 258 cm³/mol. The average Bonchev–Trinajstić information content (AvgIpc) is 3.90. The molecule has 3 aromatic heterocycles. The number of rotatable bonds is 8. The van der Waals surface area contributed by atoms with Crippen molar-refractivity contribution in [2.75, 3.05) is 4.90 Å². The molecule has 12 aromatic rings. The van der Waals surface area contributed by atoms with E-state index in [1.54, 1.807) is 0 Å². The molecule has 3 heterocycles. The quantitative estimate of drug-likeness (QED) is 0.153. The zero-order valence-electron chi connectivity index (χ0n) is 34.0. The largest absolute Gasteiger partial charge is 0.456 e. The molecule has 0 aliphatic carbocycles. The molecule has 0 aliphatic rings. The van der Waals surface area contributed by atoms with Crippen LogP contribution in [-0.2, 0) is 0 Å². The van der Waals surface area contributed by atoms with Gasteiger partial charge in [-0.1, -0.05) is 158 Å². The summed E-state index contributed by atoms with van der Waals surface area (Å²) in [5.74, 6) is 1.82. The molecule has 0 bridgehead atoms. The van der Waals surface area contributed by atoms with Crippen molar-refractivity contribution in [2.45, 2.75) is 0 Å². The van der Waals surface area contributed by atoms with E-state index in [1.807, 2.05) is 78.9 Å². The molecule has 296 valence electrons. The van der Waals surface area contributed by atoms with Crippen molar-refractivity contribution in [1.82, 2.24) is 19.5 Å². The first-order valence-electron chi connectivity index (χ1n) is 21.1. The Labute approximate surface area is 363 Å². The third-order valence-corrected chi connectivity index (χ3v) is 11.9. The molecule has 63 heavy (non-hydrogen) atoms. The van der Waals surface area contributed by atoms with Crippen LogP contribution in [0.2, 0.25) is 0 Å². The number of hydrogen-bond acceptors (Lipinski definition) is 5. The first kappa shape index (κ1) is 36.3. The lowest BCUT2D eigenvalue weighted by atomic mass is 10.0. The highest BCUT2D eigenvalue weighted by atomic mass is 16.3. The first-order chi connectivity index (χ1) is 31.2. The Bertz CT molecular complexity index is 3540. The normalized spacial score (nSPS) is 11.5. The van der Waals surface area contributed by atoms with Crippen LogP contribution in [0, 0.1) is 0 Å². The van der Waals surface area contributed by atoms with Crippen LogP contribution in [-0.4, -0.2) is 19.5 Å². The summed E-state index contributed by atoms with van der Waals surface area (Å²) in [5, 5.41) is 4.46. The highest BCUT2D eigenvalue weighted by Crippen LogP contribution is 2.41. The van der Waals surface area contributed by atoms with Crippen LogP contribution in [0.3, 0.4) is 0 Å². The number of aromatic nitrogens is 4. The molecule has 6 nitrogen and oxygen atoms in total. The van der Waals surface area contributed by atoms with Crippen molar-refractivity contribution < 1.29 is 4.42 Å². The molecule has 0 unspecified atom stereocenters. The van der Waals surface area contributed by atoms with E-state index in [0.717, 1.165) is 83.1 Å². The van der Waals surface area contributed by atoms with Gasteiger partial charge in [0.15, 0.2) is 11.6 Å². The van der Waals surface area contributed by atoms with Crippen molar-refractivity contribution in [1.29, 1.82) is 0 Å². The molecular weight excluding hydrogens is 771 g/mol. The van der Waals surface area contributed by atoms with E-state index >= 15 is 0 Å². The molecule has 0 saturated carbocycles. The zero-order chi connectivity index (χ0) is 41.7. The lowest BCUT2D eigenvalue weighted by molar-refractivity contribution is 0.669. The number of anilines is 3. The van der Waals surface area contributed by atoms with E-state index in [9.17, 15) is 0 Å². The van der Waals surface area contributed by atoms with Gasteiger partial charge < -0.3 is 9.32 Å². The molecule has 9 aromatic carbocycles. The minimum absolute atomic E-state index is 0.573. The summed E-state index contributed by atoms with van der Waals surface area (Å²) >= 11 is 0. The molecule has 0 fully saturated rings. The summed E-state index contributed by atoms with van der Waals surface area (Å²) in [6.07, 6.45) is 0. The van der Waals surface area contributed by atoms with Crippen LogP contribution < -0.4 is 4.90 Å². The number of hydrogen-bond donors (Lipinski definition) is 0. The smallest absolute Gasteiger partial charge is 0.238 e. The van der Waals surface area contributed by atoms with Crippen LogP contribution in [0.5, 0.6) is 0 Å². The fourth-order valence-corrected chi connectivity index (χ4v) is 8.80. The molecule has 0 N–H and O–H groups in total. The maximum Gasteiger partial charge on any atom is 0.238 e.